The third kappa shape index (κ3) is 1.76. The van der Waals surface area contributed by atoms with Crippen molar-refractivity contribution in [3.05, 3.63) is 30.1 Å². The van der Waals surface area contributed by atoms with Crippen LogP contribution in [0, 0.1) is 11.3 Å². The summed E-state index contributed by atoms with van der Waals surface area (Å²) in [5, 5.41) is 8.63. The molecule has 1 atom stereocenters. The van der Waals surface area contributed by atoms with Gasteiger partial charge in [-0.05, 0) is 17.7 Å². The Morgan fingerprint density at radius 2 is 2.18 bits per heavy atom. The molecule has 2 N–H and O–H groups in total. The summed E-state index contributed by atoms with van der Waals surface area (Å²) in [4.78, 5) is 3.85. The molecule has 0 aliphatic heterocycles. The van der Waals surface area contributed by atoms with Crippen molar-refractivity contribution in [3.63, 3.8) is 0 Å². The maximum Gasteiger partial charge on any atom is 0.0836 e. The topological polar surface area (TPSA) is 62.7 Å². The predicted molar refractivity (Wildman–Crippen MR) is 41.6 cm³/mol. The fourth-order valence-electron chi connectivity index (χ4n) is 0.859. The van der Waals surface area contributed by atoms with Crippen molar-refractivity contribution >= 4 is 0 Å². The van der Waals surface area contributed by atoms with E-state index in [9.17, 15) is 0 Å². The van der Waals surface area contributed by atoms with Gasteiger partial charge in [0.15, 0.2) is 0 Å². The minimum atomic E-state index is -0.196. The first-order valence-electron chi connectivity index (χ1n) is 3.38. The third-order valence-corrected chi connectivity index (χ3v) is 1.50. The number of hydrogen-bond donors (Lipinski definition) is 1. The summed E-state index contributed by atoms with van der Waals surface area (Å²) in [6.45, 7) is 0.362. The van der Waals surface area contributed by atoms with Crippen LogP contribution in [-0.4, -0.2) is 11.5 Å². The lowest BCUT2D eigenvalue weighted by Gasteiger charge is -2.03. The van der Waals surface area contributed by atoms with Gasteiger partial charge in [-0.3, -0.25) is 4.98 Å². The molecular weight excluding hydrogens is 138 g/mol. The standard InChI is InChI=1S/C8H9N3/c9-5-8(6-10)7-1-3-11-4-2-7/h1-4,8H,5,9H2. The van der Waals surface area contributed by atoms with Crippen molar-refractivity contribution in [1.29, 1.82) is 5.26 Å². The summed E-state index contributed by atoms with van der Waals surface area (Å²) in [6, 6.07) is 5.73. The Bertz CT molecular complexity index is 250. The summed E-state index contributed by atoms with van der Waals surface area (Å²) in [5.41, 5.74) is 6.31. The summed E-state index contributed by atoms with van der Waals surface area (Å²) < 4.78 is 0. The number of aromatic nitrogens is 1. The van der Waals surface area contributed by atoms with E-state index in [0.717, 1.165) is 5.56 Å². The van der Waals surface area contributed by atoms with Crippen LogP contribution in [0.15, 0.2) is 24.5 Å². The highest BCUT2D eigenvalue weighted by Gasteiger charge is 2.05. The molecule has 0 aliphatic carbocycles. The second-order valence-corrected chi connectivity index (χ2v) is 2.20. The van der Waals surface area contributed by atoms with Crippen LogP contribution in [0.2, 0.25) is 0 Å². The second-order valence-electron chi connectivity index (χ2n) is 2.20. The van der Waals surface area contributed by atoms with Crippen LogP contribution in [-0.2, 0) is 0 Å². The van der Waals surface area contributed by atoms with E-state index >= 15 is 0 Å². The molecule has 1 aromatic rings. The number of nitrogens with two attached hydrogens (primary N) is 1. The van der Waals surface area contributed by atoms with Crippen LogP contribution in [0.5, 0.6) is 0 Å². The van der Waals surface area contributed by atoms with Crippen LogP contribution in [0.4, 0.5) is 0 Å². The van der Waals surface area contributed by atoms with Gasteiger partial charge in [0, 0.05) is 18.9 Å². The number of nitrogens with zero attached hydrogens (tertiary/aromatic N) is 2. The molecule has 0 fully saturated rings. The Hall–Kier alpha value is -1.40. The van der Waals surface area contributed by atoms with Crippen molar-refractivity contribution < 1.29 is 0 Å². The van der Waals surface area contributed by atoms with Crippen molar-refractivity contribution in [3.8, 4) is 6.07 Å². The lowest BCUT2D eigenvalue weighted by Crippen LogP contribution is -2.10. The third-order valence-electron chi connectivity index (χ3n) is 1.50. The van der Waals surface area contributed by atoms with E-state index in [2.05, 4.69) is 11.1 Å². The monoisotopic (exact) mass is 147 g/mol. The van der Waals surface area contributed by atoms with Crippen LogP contribution in [0.3, 0.4) is 0 Å². The fraction of sp³-hybridized carbons (Fsp3) is 0.250. The normalized spacial score (nSPS) is 12.0. The van der Waals surface area contributed by atoms with Gasteiger partial charge in [-0.1, -0.05) is 0 Å². The molecule has 56 valence electrons. The Balaban J connectivity index is 2.85. The van der Waals surface area contributed by atoms with Crippen molar-refractivity contribution in [2.45, 2.75) is 5.92 Å². The number of pyridine rings is 1. The first-order valence-corrected chi connectivity index (χ1v) is 3.38. The second kappa shape index (κ2) is 3.69. The molecule has 11 heavy (non-hydrogen) atoms. The van der Waals surface area contributed by atoms with E-state index in [1.807, 2.05) is 0 Å². The first-order chi connectivity index (χ1) is 5.38. The van der Waals surface area contributed by atoms with Crippen LogP contribution < -0.4 is 5.73 Å². The van der Waals surface area contributed by atoms with E-state index in [4.69, 9.17) is 11.0 Å². The molecule has 0 aromatic carbocycles. The summed E-state index contributed by atoms with van der Waals surface area (Å²) in [7, 11) is 0. The van der Waals surface area contributed by atoms with Crippen LogP contribution >= 0.6 is 0 Å². The minimum Gasteiger partial charge on any atom is -0.329 e. The van der Waals surface area contributed by atoms with Gasteiger partial charge in [0.05, 0.1) is 12.0 Å². The maximum atomic E-state index is 8.63. The van der Waals surface area contributed by atoms with E-state index in [1.54, 1.807) is 24.5 Å². The highest BCUT2D eigenvalue weighted by Crippen LogP contribution is 2.10. The molecule has 1 rings (SSSR count). The van der Waals surface area contributed by atoms with Crippen LogP contribution in [0.25, 0.3) is 0 Å². The number of hydrogen-bond acceptors (Lipinski definition) is 3. The van der Waals surface area contributed by atoms with E-state index in [-0.39, 0.29) is 5.92 Å². The number of nitriles is 1. The molecule has 0 bridgehead atoms. The lowest BCUT2D eigenvalue weighted by molar-refractivity contribution is 0.859. The van der Waals surface area contributed by atoms with E-state index in [0.29, 0.717) is 6.54 Å². The molecule has 0 saturated carbocycles. The summed E-state index contributed by atoms with van der Waals surface area (Å²) in [6.07, 6.45) is 3.32. The summed E-state index contributed by atoms with van der Waals surface area (Å²) >= 11 is 0. The fourth-order valence-corrected chi connectivity index (χ4v) is 0.859. The molecule has 1 heterocycles. The molecule has 0 saturated heterocycles. The quantitative estimate of drug-likeness (QED) is 0.668. The zero-order valence-corrected chi connectivity index (χ0v) is 6.07. The van der Waals surface area contributed by atoms with Gasteiger partial charge in [-0.25, -0.2) is 0 Å². The van der Waals surface area contributed by atoms with E-state index < -0.39 is 0 Å². The molecule has 3 heteroatoms. The average molecular weight is 147 g/mol. The highest BCUT2D eigenvalue weighted by atomic mass is 14.6. The van der Waals surface area contributed by atoms with Gasteiger partial charge >= 0.3 is 0 Å². The van der Waals surface area contributed by atoms with Crippen molar-refractivity contribution in [2.24, 2.45) is 5.73 Å². The Labute approximate surface area is 65.5 Å². The molecule has 0 radical (unpaired) electrons. The molecule has 1 aromatic heterocycles. The molecule has 0 amide bonds. The van der Waals surface area contributed by atoms with Crippen LogP contribution in [0.1, 0.15) is 11.5 Å². The molecule has 3 nitrogen and oxygen atoms in total. The number of rotatable bonds is 2. The average Bonchev–Trinajstić information content (AvgIpc) is 2.09. The van der Waals surface area contributed by atoms with Gasteiger partial charge in [0.2, 0.25) is 0 Å². The van der Waals surface area contributed by atoms with Crippen molar-refractivity contribution in [1.82, 2.24) is 4.98 Å². The van der Waals surface area contributed by atoms with Gasteiger partial charge in [0.25, 0.3) is 0 Å². The lowest BCUT2D eigenvalue weighted by atomic mass is 10.0. The molecule has 0 spiro atoms. The largest absolute Gasteiger partial charge is 0.329 e. The molecule has 1 unspecified atom stereocenters. The van der Waals surface area contributed by atoms with Gasteiger partial charge < -0.3 is 5.73 Å². The molecular formula is C8H9N3. The molecule has 0 aliphatic rings. The Kier molecular flexibility index (Phi) is 2.59. The SMILES string of the molecule is N#CC(CN)c1ccncc1. The zero-order valence-electron chi connectivity index (χ0n) is 6.07. The van der Waals surface area contributed by atoms with Crippen molar-refractivity contribution in [2.75, 3.05) is 6.54 Å². The highest BCUT2D eigenvalue weighted by molar-refractivity contribution is 5.22. The Morgan fingerprint density at radius 3 is 2.64 bits per heavy atom. The zero-order chi connectivity index (χ0) is 8.10. The van der Waals surface area contributed by atoms with Gasteiger partial charge in [-0.2, -0.15) is 5.26 Å². The minimum absolute atomic E-state index is 0.196. The summed E-state index contributed by atoms with van der Waals surface area (Å²) in [5.74, 6) is -0.196. The smallest absolute Gasteiger partial charge is 0.0836 e. The van der Waals surface area contributed by atoms with Gasteiger partial charge in [0.1, 0.15) is 0 Å². The first kappa shape index (κ1) is 7.70. The van der Waals surface area contributed by atoms with E-state index in [1.165, 1.54) is 0 Å². The van der Waals surface area contributed by atoms with Gasteiger partial charge in [-0.15, -0.1) is 0 Å². The Morgan fingerprint density at radius 1 is 1.55 bits per heavy atom. The predicted octanol–water partition coefficient (Wildman–Crippen LogP) is 0.647. The maximum absolute atomic E-state index is 8.63.